The number of rotatable bonds is 2. The molecular formula is C6H8N2O. The van der Waals surface area contributed by atoms with Crippen LogP contribution >= 0.6 is 0 Å². The smallest absolute Gasteiger partial charge is 0.150 e. The quantitative estimate of drug-likeness (QED) is 0.633. The van der Waals surface area contributed by atoms with Crippen LogP contribution < -0.4 is 5.73 Å². The Hall–Kier alpha value is -1.09. The Kier molecular flexibility index (Phi) is 1.65. The number of nitrogens with two attached hydrogens (primary N) is 1. The largest absolute Gasteiger partial charge is 0.359 e. The van der Waals surface area contributed by atoms with E-state index in [1.807, 2.05) is 0 Å². The number of aromatic nitrogens is 1. The molecule has 9 heavy (non-hydrogen) atoms. The highest BCUT2D eigenvalue weighted by atomic mass is 16.5. The van der Waals surface area contributed by atoms with Gasteiger partial charge in [-0.1, -0.05) is 11.7 Å². The van der Waals surface area contributed by atoms with Crippen molar-refractivity contribution in [1.29, 1.82) is 0 Å². The summed E-state index contributed by atoms with van der Waals surface area (Å²) in [4.78, 5) is 0. The predicted molar refractivity (Wildman–Crippen MR) is 34.5 cm³/mol. The van der Waals surface area contributed by atoms with Crippen molar-refractivity contribution in [3.05, 3.63) is 24.1 Å². The van der Waals surface area contributed by atoms with Crippen molar-refractivity contribution in [2.75, 3.05) is 0 Å². The summed E-state index contributed by atoms with van der Waals surface area (Å²) in [5, 5.41) is 3.63. The lowest BCUT2D eigenvalue weighted by molar-refractivity contribution is 0.383. The fraction of sp³-hybridized carbons (Fsp3) is 0.167. The monoisotopic (exact) mass is 124 g/mol. The number of hydrogen-bond acceptors (Lipinski definition) is 3. The molecule has 0 fully saturated rings. The van der Waals surface area contributed by atoms with E-state index >= 15 is 0 Å². The zero-order valence-electron chi connectivity index (χ0n) is 5.00. The average Bonchev–Trinajstić information content (AvgIpc) is 2.34. The zero-order valence-corrected chi connectivity index (χ0v) is 5.00. The third kappa shape index (κ3) is 1.17. The highest BCUT2D eigenvalue weighted by Gasteiger charge is 1.95. The van der Waals surface area contributed by atoms with Gasteiger partial charge in [0.05, 0.1) is 6.54 Å². The van der Waals surface area contributed by atoms with E-state index in [0.717, 1.165) is 5.69 Å². The Morgan fingerprint density at radius 2 is 2.67 bits per heavy atom. The van der Waals surface area contributed by atoms with Gasteiger partial charge in [0.1, 0.15) is 5.69 Å². The third-order valence-corrected chi connectivity index (χ3v) is 0.988. The summed E-state index contributed by atoms with van der Waals surface area (Å²) in [5.74, 6) is 0.685. The van der Waals surface area contributed by atoms with Crippen LogP contribution in [0.1, 0.15) is 11.5 Å². The summed E-state index contributed by atoms with van der Waals surface area (Å²) in [6.07, 6.45) is 1.61. The van der Waals surface area contributed by atoms with Crippen LogP contribution in [-0.4, -0.2) is 5.16 Å². The third-order valence-electron chi connectivity index (χ3n) is 0.988. The van der Waals surface area contributed by atoms with Gasteiger partial charge in [0.15, 0.2) is 5.76 Å². The molecule has 0 aromatic carbocycles. The summed E-state index contributed by atoms with van der Waals surface area (Å²) < 4.78 is 4.76. The first kappa shape index (κ1) is 6.04. The molecule has 1 aromatic rings. The second-order valence-electron chi connectivity index (χ2n) is 1.63. The second kappa shape index (κ2) is 2.46. The minimum atomic E-state index is 0.390. The predicted octanol–water partition coefficient (Wildman–Crippen LogP) is 0.776. The molecule has 0 spiro atoms. The van der Waals surface area contributed by atoms with Crippen molar-refractivity contribution in [2.24, 2.45) is 5.73 Å². The highest BCUT2D eigenvalue weighted by Crippen LogP contribution is 2.02. The van der Waals surface area contributed by atoms with E-state index < -0.39 is 0 Å². The maximum absolute atomic E-state index is 5.25. The van der Waals surface area contributed by atoms with Gasteiger partial charge in [-0.2, -0.15) is 0 Å². The molecule has 2 N–H and O–H groups in total. The minimum Gasteiger partial charge on any atom is -0.359 e. The fourth-order valence-electron chi connectivity index (χ4n) is 0.521. The first-order chi connectivity index (χ1) is 4.36. The van der Waals surface area contributed by atoms with E-state index in [0.29, 0.717) is 12.3 Å². The van der Waals surface area contributed by atoms with Crippen LogP contribution in [0, 0.1) is 0 Å². The fourth-order valence-corrected chi connectivity index (χ4v) is 0.521. The molecule has 3 heteroatoms. The van der Waals surface area contributed by atoms with Gasteiger partial charge in [-0.25, -0.2) is 0 Å². The number of hydrogen-bond donors (Lipinski definition) is 1. The molecule has 0 aliphatic carbocycles. The van der Waals surface area contributed by atoms with Crippen molar-refractivity contribution in [1.82, 2.24) is 5.16 Å². The maximum atomic E-state index is 5.25. The molecule has 1 heterocycles. The molecule has 0 aliphatic heterocycles. The molecule has 0 unspecified atom stereocenters. The van der Waals surface area contributed by atoms with Crippen LogP contribution in [-0.2, 0) is 6.54 Å². The molecule has 48 valence electrons. The second-order valence-corrected chi connectivity index (χ2v) is 1.63. The molecule has 0 saturated heterocycles. The van der Waals surface area contributed by atoms with E-state index in [1.54, 1.807) is 12.1 Å². The Bertz CT molecular complexity index is 205. The summed E-state index contributed by atoms with van der Waals surface area (Å²) >= 11 is 0. The SMILES string of the molecule is C=Cc1cc(CN)on1. The number of nitrogens with zero attached hydrogens (tertiary/aromatic N) is 1. The van der Waals surface area contributed by atoms with Gasteiger partial charge in [-0.05, 0) is 6.08 Å². The van der Waals surface area contributed by atoms with E-state index in [1.165, 1.54) is 0 Å². The Morgan fingerprint density at radius 3 is 3.00 bits per heavy atom. The van der Waals surface area contributed by atoms with Gasteiger partial charge in [0, 0.05) is 6.07 Å². The van der Waals surface area contributed by atoms with Crippen molar-refractivity contribution in [2.45, 2.75) is 6.54 Å². The topological polar surface area (TPSA) is 52.0 Å². The lowest BCUT2D eigenvalue weighted by atomic mass is 10.4. The zero-order chi connectivity index (χ0) is 6.69. The van der Waals surface area contributed by atoms with Crippen LogP contribution in [0.15, 0.2) is 17.2 Å². The van der Waals surface area contributed by atoms with E-state index in [4.69, 9.17) is 10.3 Å². The molecule has 0 saturated carbocycles. The van der Waals surface area contributed by atoms with E-state index in [2.05, 4.69) is 11.7 Å². The van der Waals surface area contributed by atoms with Gasteiger partial charge in [0.25, 0.3) is 0 Å². The molecule has 3 nitrogen and oxygen atoms in total. The molecule has 0 amide bonds. The van der Waals surface area contributed by atoms with Gasteiger partial charge >= 0.3 is 0 Å². The molecule has 0 radical (unpaired) electrons. The lowest BCUT2D eigenvalue weighted by Crippen LogP contribution is -1.92. The lowest BCUT2D eigenvalue weighted by Gasteiger charge is -1.77. The van der Waals surface area contributed by atoms with Crippen molar-refractivity contribution >= 4 is 6.08 Å². The summed E-state index contributed by atoms with van der Waals surface area (Å²) in [6.45, 7) is 3.90. The molecule has 0 atom stereocenters. The minimum absolute atomic E-state index is 0.390. The van der Waals surface area contributed by atoms with E-state index in [-0.39, 0.29) is 0 Å². The van der Waals surface area contributed by atoms with E-state index in [9.17, 15) is 0 Å². The normalized spacial score (nSPS) is 9.44. The van der Waals surface area contributed by atoms with Crippen molar-refractivity contribution in [3.63, 3.8) is 0 Å². The van der Waals surface area contributed by atoms with Crippen LogP contribution in [0.25, 0.3) is 6.08 Å². The molecule has 0 bridgehead atoms. The van der Waals surface area contributed by atoms with Crippen LogP contribution in [0.2, 0.25) is 0 Å². The molecule has 0 aliphatic rings. The Labute approximate surface area is 53.1 Å². The maximum Gasteiger partial charge on any atom is 0.150 e. The summed E-state index contributed by atoms with van der Waals surface area (Å²) in [5.41, 5.74) is 5.98. The highest BCUT2D eigenvalue weighted by molar-refractivity contribution is 5.40. The van der Waals surface area contributed by atoms with Crippen LogP contribution in [0.4, 0.5) is 0 Å². The van der Waals surface area contributed by atoms with Crippen LogP contribution in [0.5, 0.6) is 0 Å². The first-order valence-corrected chi connectivity index (χ1v) is 2.65. The van der Waals surface area contributed by atoms with Crippen LogP contribution in [0.3, 0.4) is 0 Å². The summed E-state index contributed by atoms with van der Waals surface area (Å²) in [7, 11) is 0. The standard InChI is InChI=1S/C6H8N2O/c1-2-5-3-6(4-7)9-8-5/h2-3H,1,4,7H2. The summed E-state index contributed by atoms with van der Waals surface area (Å²) in [6, 6.07) is 1.76. The van der Waals surface area contributed by atoms with Gasteiger partial charge in [0.2, 0.25) is 0 Å². The molecular weight excluding hydrogens is 116 g/mol. The van der Waals surface area contributed by atoms with Crippen molar-refractivity contribution in [3.8, 4) is 0 Å². The molecule has 1 rings (SSSR count). The van der Waals surface area contributed by atoms with Crippen molar-refractivity contribution < 1.29 is 4.52 Å². The van der Waals surface area contributed by atoms with Gasteiger partial charge < -0.3 is 10.3 Å². The Balaban J connectivity index is 2.86. The van der Waals surface area contributed by atoms with Gasteiger partial charge in [-0.15, -0.1) is 0 Å². The average molecular weight is 124 g/mol. The Morgan fingerprint density at radius 1 is 1.89 bits per heavy atom. The van der Waals surface area contributed by atoms with Gasteiger partial charge in [-0.3, -0.25) is 0 Å². The molecule has 1 aromatic heterocycles. The first-order valence-electron chi connectivity index (χ1n) is 2.65.